The van der Waals surface area contributed by atoms with Crippen molar-refractivity contribution in [2.24, 2.45) is 11.8 Å². The first-order chi connectivity index (χ1) is 22.8. The molecule has 0 saturated heterocycles. The van der Waals surface area contributed by atoms with Gasteiger partial charge in [-0.25, -0.2) is 9.97 Å². The Labute approximate surface area is 270 Å². The third-order valence-corrected chi connectivity index (χ3v) is 10.3. The highest BCUT2D eigenvalue weighted by Gasteiger charge is 2.37. The third-order valence-electron chi connectivity index (χ3n) is 10.3. The predicted molar refractivity (Wildman–Crippen MR) is 184 cm³/mol. The number of aromatic nitrogens is 3. The second kappa shape index (κ2) is 11.2. The summed E-state index contributed by atoms with van der Waals surface area (Å²) in [6, 6.07) is 34.7. The molecule has 2 heterocycles. The second-order valence-corrected chi connectivity index (χ2v) is 12.9. The Hall–Kier alpha value is -5.33. The third kappa shape index (κ3) is 4.65. The number of benzene rings is 3. The molecule has 220 valence electrons. The molecule has 0 radical (unpaired) electrons. The number of nitrogens with zero attached hydrogens (tertiary/aromatic N) is 3. The van der Waals surface area contributed by atoms with Crippen LogP contribution in [0.4, 0.5) is 0 Å². The van der Waals surface area contributed by atoms with Crippen molar-refractivity contribution in [3.8, 4) is 22.6 Å². The quantitative estimate of drug-likeness (QED) is 0.154. The van der Waals surface area contributed by atoms with Crippen LogP contribution in [0.2, 0.25) is 0 Å². The van der Waals surface area contributed by atoms with Crippen molar-refractivity contribution in [1.82, 2.24) is 15.0 Å². The Kier molecular flexibility index (Phi) is 6.60. The number of allylic oxidation sites excluding steroid dienone is 5. The van der Waals surface area contributed by atoms with E-state index < -0.39 is 0 Å². The van der Waals surface area contributed by atoms with Gasteiger partial charge in [0.1, 0.15) is 0 Å². The van der Waals surface area contributed by atoms with Crippen LogP contribution in [0.5, 0.6) is 0 Å². The minimum absolute atomic E-state index is 0.198. The van der Waals surface area contributed by atoms with E-state index in [0.717, 1.165) is 53.3 Å². The van der Waals surface area contributed by atoms with Gasteiger partial charge in [-0.3, -0.25) is 4.98 Å². The van der Waals surface area contributed by atoms with Gasteiger partial charge in [0.25, 0.3) is 0 Å². The van der Waals surface area contributed by atoms with E-state index in [2.05, 4.69) is 126 Å². The van der Waals surface area contributed by atoms with Gasteiger partial charge in [0, 0.05) is 52.3 Å². The maximum absolute atomic E-state index is 5.38. The molecule has 4 aliphatic rings. The number of rotatable bonds is 4. The number of pyridine rings is 1. The topological polar surface area (TPSA) is 38.7 Å². The zero-order valence-electron chi connectivity index (χ0n) is 25.6. The summed E-state index contributed by atoms with van der Waals surface area (Å²) in [6.07, 6.45) is 16.7. The molecule has 0 fully saturated rings. The lowest BCUT2D eigenvalue weighted by atomic mass is 9.67. The molecule has 5 atom stereocenters. The molecule has 3 heteroatoms. The minimum atomic E-state index is 0.198. The van der Waals surface area contributed by atoms with E-state index in [1.54, 1.807) is 0 Å². The zero-order chi connectivity index (χ0) is 30.5. The minimum Gasteiger partial charge on any atom is -0.256 e. The van der Waals surface area contributed by atoms with E-state index in [4.69, 9.17) is 9.97 Å². The highest BCUT2D eigenvalue weighted by Crippen LogP contribution is 2.48. The number of hydrogen-bond donors (Lipinski definition) is 0. The molecule has 46 heavy (non-hydrogen) atoms. The first kappa shape index (κ1) is 27.0. The molecule has 4 aliphatic carbocycles. The van der Waals surface area contributed by atoms with Gasteiger partial charge in [0.2, 0.25) is 0 Å². The molecular weight excluding hydrogens is 558 g/mol. The van der Waals surface area contributed by atoms with Crippen molar-refractivity contribution >= 4 is 5.57 Å². The van der Waals surface area contributed by atoms with Gasteiger partial charge in [-0.05, 0) is 77.8 Å². The predicted octanol–water partition coefficient (Wildman–Crippen LogP) is 9.62. The Morgan fingerprint density at radius 2 is 1.50 bits per heavy atom. The maximum Gasteiger partial charge on any atom is 0.160 e. The summed E-state index contributed by atoms with van der Waals surface area (Å²) in [5.41, 5.74) is 18.4. The van der Waals surface area contributed by atoms with Gasteiger partial charge in [0.15, 0.2) is 5.82 Å². The fourth-order valence-corrected chi connectivity index (χ4v) is 8.06. The number of fused-ring (bicyclic) bond motifs is 6. The molecule has 0 spiro atoms. The summed E-state index contributed by atoms with van der Waals surface area (Å²) in [4.78, 5) is 15.3. The van der Waals surface area contributed by atoms with Crippen molar-refractivity contribution in [2.45, 2.75) is 37.0 Å². The SMILES string of the molecule is C1=C=CC2C(C=1)c1ccccc1CC2c1cc(C2=CC3CCC=CC3c3ccccc32)nc(-c2ccc(-c3ccccn3)cc2)n1. The van der Waals surface area contributed by atoms with Gasteiger partial charge in [-0.15, -0.1) is 0 Å². The van der Waals surface area contributed by atoms with E-state index in [-0.39, 0.29) is 17.8 Å². The lowest BCUT2D eigenvalue weighted by Gasteiger charge is -2.37. The molecule has 2 aromatic heterocycles. The normalized spacial score (nSPS) is 23.6. The van der Waals surface area contributed by atoms with Crippen LogP contribution >= 0.6 is 0 Å². The Balaban J connectivity index is 1.21. The number of hydrogen-bond acceptors (Lipinski definition) is 3. The standard InChI is InChI=1S/C43H33N3/c1-3-13-32-30(11-1)25-38(36-17-7-5-15-34(32)36)41-27-42(39-26-31-12-2-4-14-33(31)35-16-6-8-18-37(35)39)46-43(45-41)29-22-20-28(21-23-29)40-19-9-10-24-44-40/h1,3-4,6,8-11,13-24,26-27,31,33-34,36,38H,2,12,25H2. The molecule has 0 amide bonds. The van der Waals surface area contributed by atoms with Crippen LogP contribution in [0, 0.1) is 11.8 Å². The molecule has 0 aliphatic heterocycles. The van der Waals surface area contributed by atoms with Gasteiger partial charge < -0.3 is 0 Å². The van der Waals surface area contributed by atoms with Crippen molar-refractivity contribution in [3.63, 3.8) is 0 Å². The van der Waals surface area contributed by atoms with Crippen molar-refractivity contribution < 1.29 is 0 Å². The fraction of sp³-hybridized carbons (Fsp3) is 0.186. The molecule has 9 rings (SSSR count). The average Bonchev–Trinajstić information content (AvgIpc) is 3.14. The smallest absolute Gasteiger partial charge is 0.160 e. The first-order valence-corrected chi connectivity index (χ1v) is 16.4. The monoisotopic (exact) mass is 591 g/mol. The van der Waals surface area contributed by atoms with Crippen LogP contribution in [0.15, 0.2) is 145 Å². The average molecular weight is 592 g/mol. The highest BCUT2D eigenvalue weighted by atomic mass is 14.9. The van der Waals surface area contributed by atoms with Crippen LogP contribution in [-0.2, 0) is 6.42 Å². The molecule has 0 saturated carbocycles. The van der Waals surface area contributed by atoms with E-state index >= 15 is 0 Å². The lowest BCUT2D eigenvalue weighted by Crippen LogP contribution is -2.27. The van der Waals surface area contributed by atoms with Crippen LogP contribution in [0.1, 0.15) is 64.2 Å². The zero-order valence-corrected chi connectivity index (χ0v) is 25.6. The van der Waals surface area contributed by atoms with E-state index in [1.807, 2.05) is 24.4 Å². The largest absolute Gasteiger partial charge is 0.256 e. The summed E-state index contributed by atoms with van der Waals surface area (Å²) in [7, 11) is 0. The molecule has 5 unspecified atom stereocenters. The Morgan fingerprint density at radius 1 is 0.696 bits per heavy atom. The van der Waals surface area contributed by atoms with Crippen LogP contribution < -0.4 is 0 Å². The lowest BCUT2D eigenvalue weighted by molar-refractivity contribution is 0.424. The molecule has 0 N–H and O–H groups in total. The maximum atomic E-state index is 5.38. The second-order valence-electron chi connectivity index (χ2n) is 12.9. The summed E-state index contributed by atoms with van der Waals surface area (Å²) in [5, 5.41) is 0. The van der Waals surface area contributed by atoms with E-state index in [9.17, 15) is 0 Å². The van der Waals surface area contributed by atoms with Crippen LogP contribution in [0.25, 0.3) is 28.2 Å². The summed E-state index contributed by atoms with van der Waals surface area (Å²) >= 11 is 0. The summed E-state index contributed by atoms with van der Waals surface area (Å²) in [6.45, 7) is 0. The molecule has 5 aromatic rings. The first-order valence-electron chi connectivity index (χ1n) is 16.4. The Bertz CT molecular complexity index is 2130. The van der Waals surface area contributed by atoms with Gasteiger partial charge in [-0.1, -0.05) is 109 Å². The van der Waals surface area contributed by atoms with Crippen molar-refractivity contribution in [1.29, 1.82) is 0 Å². The summed E-state index contributed by atoms with van der Waals surface area (Å²) in [5.74, 6) is 2.39. The molecular formula is C43H33N3. The van der Waals surface area contributed by atoms with Crippen LogP contribution in [-0.4, -0.2) is 15.0 Å². The van der Waals surface area contributed by atoms with Gasteiger partial charge in [-0.2, -0.15) is 0 Å². The highest BCUT2D eigenvalue weighted by molar-refractivity contribution is 5.83. The Morgan fingerprint density at radius 3 is 2.39 bits per heavy atom. The van der Waals surface area contributed by atoms with Crippen molar-refractivity contribution in [2.75, 3.05) is 0 Å². The van der Waals surface area contributed by atoms with E-state index in [0.29, 0.717) is 11.8 Å². The van der Waals surface area contributed by atoms with Gasteiger partial charge >= 0.3 is 0 Å². The van der Waals surface area contributed by atoms with E-state index in [1.165, 1.54) is 27.8 Å². The van der Waals surface area contributed by atoms with Crippen LogP contribution in [0.3, 0.4) is 0 Å². The van der Waals surface area contributed by atoms with Crippen molar-refractivity contribution in [3.05, 3.63) is 179 Å². The fourth-order valence-electron chi connectivity index (χ4n) is 8.06. The van der Waals surface area contributed by atoms with Gasteiger partial charge in [0.05, 0.1) is 11.4 Å². The molecule has 3 aromatic carbocycles. The summed E-state index contributed by atoms with van der Waals surface area (Å²) < 4.78 is 0. The molecule has 0 bridgehead atoms. The molecule has 3 nitrogen and oxygen atoms in total.